The van der Waals surface area contributed by atoms with Gasteiger partial charge in [-0.15, -0.1) is 0 Å². The standard InChI is InChI=1S/C24H21ClN2O2/c1-15(2)18-7-12-22-21(14-18)27-23(29-22)13-16-3-10-20(11-4-16)26-24(28)17-5-8-19(25)9-6-17/h3-12,14-15H,13H2,1-2H3,(H,26,28). The van der Waals surface area contributed by atoms with Crippen LogP contribution in [0.5, 0.6) is 0 Å². The minimum absolute atomic E-state index is 0.172. The van der Waals surface area contributed by atoms with E-state index in [1.807, 2.05) is 30.3 Å². The molecule has 1 heterocycles. The lowest BCUT2D eigenvalue weighted by atomic mass is 10.0. The molecule has 4 rings (SSSR count). The molecule has 5 heteroatoms. The van der Waals surface area contributed by atoms with Gasteiger partial charge in [0.2, 0.25) is 0 Å². The highest BCUT2D eigenvalue weighted by atomic mass is 35.5. The average Bonchev–Trinajstić information content (AvgIpc) is 3.11. The van der Waals surface area contributed by atoms with E-state index in [1.165, 1.54) is 5.56 Å². The largest absolute Gasteiger partial charge is 0.440 e. The lowest BCUT2D eigenvalue weighted by Crippen LogP contribution is -2.11. The third-order valence-corrected chi connectivity index (χ3v) is 5.05. The summed E-state index contributed by atoms with van der Waals surface area (Å²) in [5, 5.41) is 3.49. The van der Waals surface area contributed by atoms with Gasteiger partial charge in [0.1, 0.15) is 5.52 Å². The Morgan fingerprint density at radius 1 is 1.03 bits per heavy atom. The zero-order valence-corrected chi connectivity index (χ0v) is 17.0. The Bertz CT molecular complexity index is 1150. The van der Waals surface area contributed by atoms with E-state index in [9.17, 15) is 4.79 Å². The van der Waals surface area contributed by atoms with Gasteiger partial charge >= 0.3 is 0 Å². The molecule has 0 saturated carbocycles. The van der Waals surface area contributed by atoms with Crippen LogP contribution >= 0.6 is 11.6 Å². The minimum atomic E-state index is -0.172. The van der Waals surface area contributed by atoms with Crippen LogP contribution in [0, 0.1) is 0 Å². The fraction of sp³-hybridized carbons (Fsp3) is 0.167. The number of aromatic nitrogens is 1. The van der Waals surface area contributed by atoms with Gasteiger partial charge in [0, 0.05) is 22.7 Å². The molecule has 0 bridgehead atoms. The van der Waals surface area contributed by atoms with E-state index in [4.69, 9.17) is 16.0 Å². The molecule has 0 fully saturated rings. The van der Waals surface area contributed by atoms with Gasteiger partial charge in [0.05, 0.1) is 0 Å². The van der Waals surface area contributed by atoms with Crippen molar-refractivity contribution >= 4 is 34.3 Å². The van der Waals surface area contributed by atoms with Crippen LogP contribution in [-0.2, 0) is 6.42 Å². The molecule has 0 saturated heterocycles. The summed E-state index contributed by atoms with van der Waals surface area (Å²) in [5.74, 6) is 0.961. The number of rotatable bonds is 5. The minimum Gasteiger partial charge on any atom is -0.440 e. The second kappa shape index (κ2) is 8.10. The highest BCUT2D eigenvalue weighted by Gasteiger charge is 2.10. The molecule has 0 unspecified atom stereocenters. The molecule has 3 aromatic carbocycles. The van der Waals surface area contributed by atoms with Crippen LogP contribution in [0.3, 0.4) is 0 Å². The molecule has 1 amide bonds. The zero-order chi connectivity index (χ0) is 20.4. The number of carbonyl (C=O) groups excluding carboxylic acids is 1. The van der Waals surface area contributed by atoms with E-state index in [2.05, 4.69) is 36.3 Å². The molecule has 1 N–H and O–H groups in total. The van der Waals surface area contributed by atoms with Gasteiger partial charge in [0.15, 0.2) is 11.5 Å². The van der Waals surface area contributed by atoms with E-state index >= 15 is 0 Å². The molecule has 1 aromatic heterocycles. The van der Waals surface area contributed by atoms with Crippen molar-refractivity contribution in [2.45, 2.75) is 26.2 Å². The number of oxazole rings is 1. The van der Waals surface area contributed by atoms with Crippen molar-refractivity contribution in [2.24, 2.45) is 0 Å². The number of amides is 1. The smallest absolute Gasteiger partial charge is 0.255 e. The maximum Gasteiger partial charge on any atom is 0.255 e. The summed E-state index contributed by atoms with van der Waals surface area (Å²) in [7, 11) is 0. The number of benzene rings is 3. The lowest BCUT2D eigenvalue weighted by Gasteiger charge is -2.06. The average molecular weight is 405 g/mol. The molecular formula is C24H21ClN2O2. The van der Waals surface area contributed by atoms with Gasteiger partial charge in [-0.2, -0.15) is 0 Å². The van der Waals surface area contributed by atoms with Crippen LogP contribution in [0.4, 0.5) is 5.69 Å². The summed E-state index contributed by atoms with van der Waals surface area (Å²) in [6, 6.07) is 20.6. The Morgan fingerprint density at radius 2 is 1.76 bits per heavy atom. The summed E-state index contributed by atoms with van der Waals surface area (Å²) in [6.07, 6.45) is 0.594. The molecular weight excluding hydrogens is 384 g/mol. The Kier molecular flexibility index (Phi) is 5.36. The van der Waals surface area contributed by atoms with E-state index in [1.54, 1.807) is 24.3 Å². The van der Waals surface area contributed by atoms with Gasteiger partial charge < -0.3 is 9.73 Å². The van der Waals surface area contributed by atoms with Crippen LogP contribution in [0.25, 0.3) is 11.1 Å². The third kappa shape index (κ3) is 4.49. The van der Waals surface area contributed by atoms with Gasteiger partial charge in [-0.1, -0.05) is 43.6 Å². The molecule has 146 valence electrons. The van der Waals surface area contributed by atoms with Crippen molar-refractivity contribution in [1.82, 2.24) is 4.98 Å². The van der Waals surface area contributed by atoms with Crippen LogP contribution in [0.1, 0.15) is 47.1 Å². The molecule has 0 aliphatic carbocycles. The van der Waals surface area contributed by atoms with Crippen molar-refractivity contribution in [3.05, 3.63) is 94.3 Å². The normalized spacial score (nSPS) is 11.2. The number of nitrogens with zero attached hydrogens (tertiary/aromatic N) is 1. The van der Waals surface area contributed by atoms with Crippen molar-refractivity contribution < 1.29 is 9.21 Å². The lowest BCUT2D eigenvalue weighted by molar-refractivity contribution is 0.102. The Labute approximate surface area is 174 Å². The topological polar surface area (TPSA) is 55.1 Å². The van der Waals surface area contributed by atoms with Gasteiger partial charge in [0.25, 0.3) is 5.91 Å². The van der Waals surface area contributed by atoms with E-state index < -0.39 is 0 Å². The first kappa shape index (κ1) is 19.2. The first-order chi connectivity index (χ1) is 14.0. The van der Waals surface area contributed by atoms with Crippen LogP contribution in [0.2, 0.25) is 5.02 Å². The van der Waals surface area contributed by atoms with Crippen molar-refractivity contribution in [1.29, 1.82) is 0 Å². The number of anilines is 1. The molecule has 0 spiro atoms. The predicted molar refractivity (Wildman–Crippen MR) is 117 cm³/mol. The monoisotopic (exact) mass is 404 g/mol. The molecule has 0 aliphatic rings. The van der Waals surface area contributed by atoms with Crippen molar-refractivity contribution in [3.63, 3.8) is 0 Å². The summed E-state index contributed by atoms with van der Waals surface area (Å²) in [6.45, 7) is 4.32. The predicted octanol–water partition coefficient (Wildman–Crippen LogP) is 6.45. The number of halogens is 1. The van der Waals surface area contributed by atoms with Crippen molar-refractivity contribution in [2.75, 3.05) is 5.32 Å². The van der Waals surface area contributed by atoms with E-state index in [0.29, 0.717) is 28.8 Å². The fourth-order valence-corrected chi connectivity index (χ4v) is 3.24. The van der Waals surface area contributed by atoms with Gasteiger partial charge in [-0.05, 0) is 65.6 Å². The van der Waals surface area contributed by atoms with Gasteiger partial charge in [-0.25, -0.2) is 4.98 Å². The summed E-state index contributed by atoms with van der Waals surface area (Å²) >= 11 is 5.86. The first-order valence-electron chi connectivity index (χ1n) is 9.53. The van der Waals surface area contributed by atoms with Crippen molar-refractivity contribution in [3.8, 4) is 0 Å². The summed E-state index contributed by atoms with van der Waals surface area (Å²) in [5.41, 5.74) is 5.29. The highest BCUT2D eigenvalue weighted by Crippen LogP contribution is 2.23. The Morgan fingerprint density at radius 3 is 2.45 bits per heavy atom. The Balaban J connectivity index is 1.44. The third-order valence-electron chi connectivity index (χ3n) is 4.80. The Hall–Kier alpha value is -3.11. The highest BCUT2D eigenvalue weighted by molar-refractivity contribution is 6.30. The number of hydrogen-bond acceptors (Lipinski definition) is 3. The van der Waals surface area contributed by atoms with Crippen LogP contribution in [-0.4, -0.2) is 10.9 Å². The zero-order valence-electron chi connectivity index (χ0n) is 16.3. The number of nitrogens with one attached hydrogen (secondary N) is 1. The molecule has 4 nitrogen and oxygen atoms in total. The molecule has 0 atom stereocenters. The van der Waals surface area contributed by atoms with E-state index in [0.717, 1.165) is 22.4 Å². The fourth-order valence-electron chi connectivity index (χ4n) is 3.11. The second-order valence-electron chi connectivity index (χ2n) is 7.32. The maximum absolute atomic E-state index is 12.3. The summed E-state index contributed by atoms with van der Waals surface area (Å²) < 4.78 is 5.88. The van der Waals surface area contributed by atoms with Crippen LogP contribution < -0.4 is 5.32 Å². The number of hydrogen-bond donors (Lipinski definition) is 1. The molecule has 0 radical (unpaired) electrons. The molecule has 0 aliphatic heterocycles. The maximum atomic E-state index is 12.3. The quantitative estimate of drug-likeness (QED) is 0.416. The summed E-state index contributed by atoms with van der Waals surface area (Å²) in [4.78, 5) is 16.9. The second-order valence-corrected chi connectivity index (χ2v) is 7.76. The molecule has 4 aromatic rings. The van der Waals surface area contributed by atoms with Crippen LogP contribution in [0.15, 0.2) is 71.1 Å². The van der Waals surface area contributed by atoms with Gasteiger partial charge in [-0.3, -0.25) is 4.79 Å². The molecule has 29 heavy (non-hydrogen) atoms. The SMILES string of the molecule is CC(C)c1ccc2oc(Cc3ccc(NC(=O)c4ccc(Cl)cc4)cc3)nc2c1. The van der Waals surface area contributed by atoms with E-state index in [-0.39, 0.29) is 5.91 Å². The number of fused-ring (bicyclic) bond motifs is 1. The first-order valence-corrected chi connectivity index (χ1v) is 9.91. The number of carbonyl (C=O) groups is 1.